The highest BCUT2D eigenvalue weighted by Gasteiger charge is 2.34. The van der Waals surface area contributed by atoms with Gasteiger partial charge in [-0.25, -0.2) is 0 Å². The number of hydrogen-bond acceptors (Lipinski definition) is 2. The molecule has 1 N–H and O–H groups in total. The summed E-state index contributed by atoms with van der Waals surface area (Å²) >= 11 is 1.89. The summed E-state index contributed by atoms with van der Waals surface area (Å²) in [7, 11) is 0. The summed E-state index contributed by atoms with van der Waals surface area (Å²) in [5.41, 5.74) is 0.0974. The van der Waals surface area contributed by atoms with Crippen molar-refractivity contribution in [2.24, 2.45) is 0 Å². The van der Waals surface area contributed by atoms with Crippen molar-refractivity contribution in [3.8, 4) is 0 Å². The van der Waals surface area contributed by atoms with Crippen molar-refractivity contribution in [2.45, 2.75) is 43.4 Å². The number of thioether (sulfide) groups is 1. The Morgan fingerprint density at radius 1 is 1.26 bits per heavy atom. The molecule has 2 atom stereocenters. The smallest absolute Gasteiger partial charge is 0.285 e. The van der Waals surface area contributed by atoms with Gasteiger partial charge in [0.15, 0.2) is 0 Å². The van der Waals surface area contributed by atoms with Crippen LogP contribution in [0.5, 0.6) is 0 Å². The molecule has 106 valence electrons. The average Bonchev–Trinajstić information content (AvgIpc) is 2.86. The van der Waals surface area contributed by atoms with Crippen LogP contribution in [0.3, 0.4) is 0 Å². The minimum atomic E-state index is -2.79. The Morgan fingerprint density at radius 3 is 2.68 bits per heavy atom. The Bertz CT molecular complexity index is 383. The van der Waals surface area contributed by atoms with Crippen molar-refractivity contribution in [1.29, 1.82) is 0 Å². The summed E-state index contributed by atoms with van der Waals surface area (Å²) in [4.78, 5) is 0. The number of benzene rings is 1. The predicted octanol–water partition coefficient (Wildman–Crippen LogP) is 4.04. The Kier molecular flexibility index (Phi) is 5.22. The molecule has 2 rings (SSSR count). The number of alkyl halides is 2. The first-order chi connectivity index (χ1) is 9.13. The maximum absolute atomic E-state index is 14.1. The third kappa shape index (κ3) is 3.93. The fourth-order valence-electron chi connectivity index (χ4n) is 2.62. The summed E-state index contributed by atoms with van der Waals surface area (Å²) in [6, 6.07) is 8.31. The fourth-order valence-corrected chi connectivity index (χ4v) is 3.84. The molecule has 1 aliphatic rings. The zero-order valence-corrected chi connectivity index (χ0v) is 12.1. The van der Waals surface area contributed by atoms with Crippen LogP contribution in [0.2, 0.25) is 0 Å². The fraction of sp³-hybridized carbons (Fsp3) is 0.600. The first kappa shape index (κ1) is 14.8. The highest BCUT2D eigenvalue weighted by molar-refractivity contribution is 7.99. The van der Waals surface area contributed by atoms with Gasteiger partial charge in [0, 0.05) is 16.9 Å². The van der Waals surface area contributed by atoms with E-state index in [1.54, 1.807) is 18.2 Å². The lowest BCUT2D eigenvalue weighted by molar-refractivity contribution is -0.00542. The van der Waals surface area contributed by atoms with Gasteiger partial charge in [-0.15, -0.1) is 0 Å². The largest absolute Gasteiger partial charge is 0.307 e. The van der Waals surface area contributed by atoms with E-state index in [0.717, 1.165) is 25.0 Å². The lowest BCUT2D eigenvalue weighted by atomic mass is 10.1. The zero-order chi connectivity index (χ0) is 13.7. The number of nitrogens with one attached hydrogen (secondary N) is 1. The molecule has 1 nitrogen and oxygen atoms in total. The molecule has 0 saturated heterocycles. The van der Waals surface area contributed by atoms with Crippen LogP contribution in [0.15, 0.2) is 30.3 Å². The van der Waals surface area contributed by atoms with E-state index < -0.39 is 5.92 Å². The summed E-state index contributed by atoms with van der Waals surface area (Å²) in [6.45, 7) is 1.86. The summed E-state index contributed by atoms with van der Waals surface area (Å²) in [5, 5.41) is 3.58. The van der Waals surface area contributed by atoms with Gasteiger partial charge in [0.05, 0.1) is 6.54 Å². The standard InChI is InChI=1S/C15H21F2NS/c1-2-19-14-10-6-9-13(14)18-11-15(16,17)12-7-4-3-5-8-12/h3-5,7-8,13-14,18H,2,6,9-11H2,1H3. The average molecular weight is 285 g/mol. The van der Waals surface area contributed by atoms with Gasteiger partial charge in [-0.05, 0) is 18.6 Å². The third-order valence-corrected chi connectivity index (χ3v) is 4.94. The van der Waals surface area contributed by atoms with E-state index in [1.807, 2.05) is 11.8 Å². The number of halogens is 2. The second kappa shape index (κ2) is 6.71. The second-order valence-corrected chi connectivity index (χ2v) is 6.50. The molecular formula is C15H21F2NS. The van der Waals surface area contributed by atoms with Gasteiger partial charge < -0.3 is 5.32 Å². The van der Waals surface area contributed by atoms with E-state index in [9.17, 15) is 8.78 Å². The van der Waals surface area contributed by atoms with Crippen molar-refractivity contribution in [2.75, 3.05) is 12.3 Å². The predicted molar refractivity (Wildman–Crippen MR) is 77.9 cm³/mol. The Morgan fingerprint density at radius 2 is 2.00 bits per heavy atom. The quantitative estimate of drug-likeness (QED) is 0.846. The van der Waals surface area contributed by atoms with Gasteiger partial charge in [-0.2, -0.15) is 20.5 Å². The Labute approximate surface area is 118 Å². The third-order valence-electron chi connectivity index (χ3n) is 3.62. The first-order valence-electron chi connectivity index (χ1n) is 6.92. The molecule has 0 bridgehead atoms. The van der Waals surface area contributed by atoms with Crippen LogP contribution in [0.1, 0.15) is 31.7 Å². The van der Waals surface area contributed by atoms with Crippen LogP contribution >= 0.6 is 11.8 Å². The molecule has 0 heterocycles. The normalized spacial score (nSPS) is 23.7. The van der Waals surface area contributed by atoms with Crippen molar-refractivity contribution in [3.05, 3.63) is 35.9 Å². The molecule has 1 saturated carbocycles. The van der Waals surface area contributed by atoms with E-state index in [4.69, 9.17) is 0 Å². The van der Waals surface area contributed by atoms with Gasteiger partial charge in [0.2, 0.25) is 0 Å². The molecule has 0 spiro atoms. The van der Waals surface area contributed by atoms with Crippen LogP contribution < -0.4 is 5.32 Å². The molecule has 2 unspecified atom stereocenters. The minimum Gasteiger partial charge on any atom is -0.307 e. The molecule has 0 aliphatic heterocycles. The first-order valence-corrected chi connectivity index (χ1v) is 7.96. The molecule has 0 radical (unpaired) electrons. The molecule has 1 aliphatic carbocycles. The van der Waals surface area contributed by atoms with Crippen molar-refractivity contribution < 1.29 is 8.78 Å². The summed E-state index contributed by atoms with van der Waals surface area (Å²) in [5.74, 6) is -1.73. The van der Waals surface area contributed by atoms with Gasteiger partial charge in [-0.3, -0.25) is 0 Å². The number of rotatable bonds is 6. The molecule has 0 amide bonds. The maximum atomic E-state index is 14.1. The molecule has 4 heteroatoms. The summed E-state index contributed by atoms with van der Waals surface area (Å²) < 4.78 is 28.1. The van der Waals surface area contributed by atoms with Crippen LogP contribution in [0.25, 0.3) is 0 Å². The van der Waals surface area contributed by atoms with Gasteiger partial charge in [0.25, 0.3) is 5.92 Å². The Balaban J connectivity index is 1.91. The molecule has 1 fully saturated rings. The minimum absolute atomic E-state index is 0.0974. The lowest BCUT2D eigenvalue weighted by Gasteiger charge is -2.24. The molecule has 1 aromatic rings. The van der Waals surface area contributed by atoms with E-state index in [2.05, 4.69) is 12.2 Å². The van der Waals surface area contributed by atoms with Crippen LogP contribution in [-0.4, -0.2) is 23.6 Å². The highest BCUT2D eigenvalue weighted by Crippen LogP contribution is 2.32. The SMILES string of the molecule is CCSC1CCCC1NCC(F)(F)c1ccccc1. The van der Waals surface area contributed by atoms with E-state index >= 15 is 0 Å². The van der Waals surface area contributed by atoms with Gasteiger partial charge in [-0.1, -0.05) is 43.7 Å². The van der Waals surface area contributed by atoms with Crippen LogP contribution in [0.4, 0.5) is 8.78 Å². The summed E-state index contributed by atoms with van der Waals surface area (Å²) in [6.07, 6.45) is 3.31. The second-order valence-electron chi connectivity index (χ2n) is 4.98. The molecular weight excluding hydrogens is 264 g/mol. The number of hydrogen-bond donors (Lipinski definition) is 1. The maximum Gasteiger partial charge on any atom is 0.285 e. The van der Waals surface area contributed by atoms with E-state index in [0.29, 0.717) is 5.25 Å². The van der Waals surface area contributed by atoms with Gasteiger partial charge in [0.1, 0.15) is 0 Å². The van der Waals surface area contributed by atoms with E-state index in [1.165, 1.54) is 12.1 Å². The molecule has 0 aromatic heterocycles. The van der Waals surface area contributed by atoms with Crippen molar-refractivity contribution in [3.63, 3.8) is 0 Å². The lowest BCUT2D eigenvalue weighted by Crippen LogP contribution is -2.40. The monoisotopic (exact) mass is 285 g/mol. The van der Waals surface area contributed by atoms with Crippen LogP contribution in [-0.2, 0) is 5.92 Å². The van der Waals surface area contributed by atoms with Crippen molar-refractivity contribution in [1.82, 2.24) is 5.32 Å². The molecule has 1 aromatic carbocycles. The van der Waals surface area contributed by atoms with Crippen LogP contribution in [0, 0.1) is 0 Å². The van der Waals surface area contributed by atoms with Crippen molar-refractivity contribution >= 4 is 11.8 Å². The molecule has 19 heavy (non-hydrogen) atoms. The Hall–Kier alpha value is -0.610. The topological polar surface area (TPSA) is 12.0 Å². The van der Waals surface area contributed by atoms with Gasteiger partial charge >= 0.3 is 0 Å². The highest BCUT2D eigenvalue weighted by atomic mass is 32.2. The zero-order valence-electron chi connectivity index (χ0n) is 11.2. The van der Waals surface area contributed by atoms with E-state index in [-0.39, 0.29) is 18.2 Å².